The molecular weight excluding hydrogens is 267 g/mol. The zero-order valence-corrected chi connectivity index (χ0v) is 11.9. The molecule has 0 aliphatic carbocycles. The van der Waals surface area contributed by atoms with E-state index in [2.05, 4.69) is 11.8 Å². The van der Waals surface area contributed by atoms with Gasteiger partial charge in [-0.3, -0.25) is 0 Å². The van der Waals surface area contributed by atoms with E-state index in [4.69, 9.17) is 22.1 Å². The molecule has 1 heterocycles. The van der Waals surface area contributed by atoms with Gasteiger partial charge in [0.05, 0.1) is 22.5 Å². The molecule has 2 rings (SSSR count). The van der Waals surface area contributed by atoms with Crippen LogP contribution in [0.15, 0.2) is 12.1 Å². The van der Waals surface area contributed by atoms with Gasteiger partial charge in [0.1, 0.15) is 5.82 Å². The first-order valence-electron chi connectivity index (χ1n) is 6.73. The summed E-state index contributed by atoms with van der Waals surface area (Å²) in [6.45, 7) is 4.56. The molecule has 1 fully saturated rings. The Balaban J connectivity index is 2.10. The number of ether oxygens (including phenoxy) is 1. The minimum atomic E-state index is -0.473. The molecule has 1 saturated heterocycles. The van der Waals surface area contributed by atoms with E-state index in [1.807, 2.05) is 0 Å². The lowest BCUT2D eigenvalue weighted by atomic mass is 10.1. The van der Waals surface area contributed by atoms with Gasteiger partial charge in [-0.25, -0.2) is 4.39 Å². The average molecular weight is 287 g/mol. The number of piperidine rings is 1. The van der Waals surface area contributed by atoms with Crippen LogP contribution in [0, 0.1) is 5.82 Å². The number of nitrogen functional groups attached to an aromatic ring is 1. The number of nitrogens with two attached hydrogens (primary N) is 1. The Kier molecular flexibility index (Phi) is 4.88. The molecule has 1 aliphatic rings. The Bertz CT molecular complexity index is 442. The summed E-state index contributed by atoms with van der Waals surface area (Å²) in [6.07, 6.45) is 3.34. The van der Waals surface area contributed by atoms with E-state index in [1.54, 1.807) is 6.07 Å². The predicted octanol–water partition coefficient (Wildman–Crippen LogP) is 3.46. The number of benzene rings is 1. The molecule has 1 atom stereocenters. The summed E-state index contributed by atoms with van der Waals surface area (Å²) in [7, 11) is 0. The average Bonchev–Trinajstić information content (AvgIpc) is 2.41. The van der Waals surface area contributed by atoms with Gasteiger partial charge in [0.2, 0.25) is 0 Å². The second-order valence-electron chi connectivity index (χ2n) is 4.91. The van der Waals surface area contributed by atoms with Gasteiger partial charge in [0.25, 0.3) is 0 Å². The molecule has 1 aromatic carbocycles. The molecule has 19 heavy (non-hydrogen) atoms. The Morgan fingerprint density at radius 1 is 1.53 bits per heavy atom. The Labute approximate surface area is 118 Å². The molecular formula is C14H20ClFN2O. The zero-order valence-electron chi connectivity index (χ0n) is 11.2. The molecule has 0 radical (unpaired) electrons. The molecule has 0 amide bonds. The maximum atomic E-state index is 13.3. The second kappa shape index (κ2) is 6.44. The summed E-state index contributed by atoms with van der Waals surface area (Å²) in [4.78, 5) is 2.13. The van der Waals surface area contributed by atoms with Gasteiger partial charge >= 0.3 is 0 Å². The zero-order chi connectivity index (χ0) is 13.8. The molecule has 106 valence electrons. The van der Waals surface area contributed by atoms with Crippen molar-refractivity contribution in [1.29, 1.82) is 0 Å². The minimum Gasteiger partial charge on any atom is -0.397 e. The summed E-state index contributed by atoms with van der Waals surface area (Å²) in [5, 5.41) is 0.112. The lowest BCUT2D eigenvalue weighted by molar-refractivity contribution is 0.0441. The lowest BCUT2D eigenvalue weighted by Gasteiger charge is -2.35. The first-order chi connectivity index (χ1) is 9.11. The predicted molar refractivity (Wildman–Crippen MR) is 77.3 cm³/mol. The lowest BCUT2D eigenvalue weighted by Crippen LogP contribution is -2.40. The van der Waals surface area contributed by atoms with Crippen LogP contribution in [0.5, 0.6) is 0 Å². The van der Waals surface area contributed by atoms with Crippen LogP contribution in [-0.2, 0) is 4.74 Å². The minimum absolute atomic E-state index is 0.112. The monoisotopic (exact) mass is 286 g/mol. The maximum absolute atomic E-state index is 13.3. The highest BCUT2D eigenvalue weighted by atomic mass is 35.5. The molecule has 0 bridgehead atoms. The van der Waals surface area contributed by atoms with Crippen LogP contribution < -0.4 is 10.6 Å². The maximum Gasteiger partial charge on any atom is 0.143 e. The quantitative estimate of drug-likeness (QED) is 0.862. The number of hydrogen-bond donors (Lipinski definition) is 1. The van der Waals surface area contributed by atoms with E-state index in [0.29, 0.717) is 5.69 Å². The van der Waals surface area contributed by atoms with Crippen molar-refractivity contribution in [1.82, 2.24) is 0 Å². The summed E-state index contributed by atoms with van der Waals surface area (Å²) >= 11 is 5.84. The molecule has 1 aromatic rings. The van der Waals surface area contributed by atoms with Gasteiger partial charge in [-0.1, -0.05) is 18.5 Å². The van der Waals surface area contributed by atoms with E-state index < -0.39 is 5.82 Å². The third-order valence-electron chi connectivity index (χ3n) is 3.35. The number of nitrogens with zero attached hydrogens (tertiary/aromatic N) is 1. The number of rotatable bonds is 4. The van der Waals surface area contributed by atoms with Crippen molar-refractivity contribution in [3.05, 3.63) is 23.0 Å². The summed E-state index contributed by atoms with van der Waals surface area (Å²) < 4.78 is 19.1. The van der Waals surface area contributed by atoms with Crippen molar-refractivity contribution < 1.29 is 9.13 Å². The molecule has 3 nitrogen and oxygen atoms in total. The highest BCUT2D eigenvalue weighted by Crippen LogP contribution is 2.31. The SMILES string of the molecule is CCCOC1CCCN(c2cc(Cl)c(F)cc2N)C1. The fraction of sp³-hybridized carbons (Fsp3) is 0.571. The van der Waals surface area contributed by atoms with Crippen molar-refractivity contribution in [3.63, 3.8) is 0 Å². The Morgan fingerprint density at radius 2 is 2.32 bits per heavy atom. The van der Waals surface area contributed by atoms with Gasteiger partial charge in [0, 0.05) is 25.8 Å². The summed E-state index contributed by atoms with van der Waals surface area (Å²) in [5.74, 6) is -0.473. The van der Waals surface area contributed by atoms with Crippen molar-refractivity contribution in [2.75, 3.05) is 30.3 Å². The molecule has 0 saturated carbocycles. The van der Waals surface area contributed by atoms with E-state index in [9.17, 15) is 4.39 Å². The van der Waals surface area contributed by atoms with Gasteiger partial charge in [-0.15, -0.1) is 0 Å². The topological polar surface area (TPSA) is 38.5 Å². The first kappa shape index (κ1) is 14.4. The van der Waals surface area contributed by atoms with E-state index in [0.717, 1.165) is 44.6 Å². The van der Waals surface area contributed by atoms with Crippen molar-refractivity contribution in [2.24, 2.45) is 0 Å². The van der Waals surface area contributed by atoms with Crippen LogP contribution in [0.3, 0.4) is 0 Å². The van der Waals surface area contributed by atoms with Gasteiger partial charge in [-0.2, -0.15) is 0 Å². The Hall–Kier alpha value is -1.00. The van der Waals surface area contributed by atoms with Crippen molar-refractivity contribution in [2.45, 2.75) is 32.3 Å². The van der Waals surface area contributed by atoms with Crippen molar-refractivity contribution in [3.8, 4) is 0 Å². The largest absolute Gasteiger partial charge is 0.397 e. The number of halogens is 2. The highest BCUT2D eigenvalue weighted by Gasteiger charge is 2.22. The second-order valence-corrected chi connectivity index (χ2v) is 5.31. The van der Waals surface area contributed by atoms with E-state index in [1.165, 1.54) is 6.07 Å². The van der Waals surface area contributed by atoms with E-state index >= 15 is 0 Å². The highest BCUT2D eigenvalue weighted by molar-refractivity contribution is 6.31. The Morgan fingerprint density at radius 3 is 3.05 bits per heavy atom. The molecule has 0 spiro atoms. The summed E-state index contributed by atoms with van der Waals surface area (Å²) in [5.41, 5.74) is 7.12. The third kappa shape index (κ3) is 3.51. The van der Waals surface area contributed by atoms with Crippen LogP contribution in [-0.4, -0.2) is 25.8 Å². The molecule has 1 unspecified atom stereocenters. The van der Waals surface area contributed by atoms with Crippen LogP contribution in [0.1, 0.15) is 26.2 Å². The standard InChI is InChI=1S/C14H20ClFN2O/c1-2-6-19-10-4-3-5-18(9-10)14-7-11(15)12(16)8-13(14)17/h7-8,10H,2-6,9,17H2,1H3. The van der Waals surface area contributed by atoms with Gasteiger partial charge in [-0.05, 0) is 25.3 Å². The van der Waals surface area contributed by atoms with Crippen LogP contribution in [0.25, 0.3) is 0 Å². The number of anilines is 2. The number of hydrogen-bond acceptors (Lipinski definition) is 3. The van der Waals surface area contributed by atoms with Crippen molar-refractivity contribution >= 4 is 23.0 Å². The fourth-order valence-corrected chi connectivity index (χ4v) is 2.56. The first-order valence-corrected chi connectivity index (χ1v) is 7.10. The molecule has 2 N–H and O–H groups in total. The molecule has 0 aromatic heterocycles. The fourth-order valence-electron chi connectivity index (χ4n) is 2.40. The molecule has 1 aliphatic heterocycles. The van der Waals surface area contributed by atoms with E-state index in [-0.39, 0.29) is 11.1 Å². The molecule has 5 heteroatoms. The third-order valence-corrected chi connectivity index (χ3v) is 3.64. The van der Waals surface area contributed by atoms with Gasteiger partial charge in [0.15, 0.2) is 0 Å². The normalized spacial score (nSPS) is 19.7. The summed E-state index contributed by atoms with van der Waals surface area (Å²) in [6, 6.07) is 2.89. The van der Waals surface area contributed by atoms with Crippen LogP contribution in [0.2, 0.25) is 5.02 Å². The van der Waals surface area contributed by atoms with Crippen LogP contribution >= 0.6 is 11.6 Å². The van der Waals surface area contributed by atoms with Crippen LogP contribution in [0.4, 0.5) is 15.8 Å². The smallest absolute Gasteiger partial charge is 0.143 e. The van der Waals surface area contributed by atoms with Gasteiger partial charge < -0.3 is 15.4 Å².